The van der Waals surface area contributed by atoms with Crippen LogP contribution in [0.1, 0.15) is 19.8 Å². The van der Waals surface area contributed by atoms with Gasteiger partial charge in [0.15, 0.2) is 0 Å². The van der Waals surface area contributed by atoms with Crippen LogP contribution < -0.4 is 0 Å². The first-order valence-electron chi connectivity index (χ1n) is 4.32. The van der Waals surface area contributed by atoms with Gasteiger partial charge in [-0.25, -0.2) is 4.79 Å². The number of carbonyl (C=O) groups is 1. The number of unbranched alkanes of at least 4 members (excludes halogenated alkanes) is 1. The van der Waals surface area contributed by atoms with Gasteiger partial charge in [-0.15, -0.1) is 0 Å². The zero-order chi connectivity index (χ0) is 8.97. The molecule has 0 aliphatic carbocycles. The molecule has 0 saturated carbocycles. The SMILES string of the molecule is C=C1CN(C(=O)OCCCC)C1. The van der Waals surface area contributed by atoms with Gasteiger partial charge in [0.2, 0.25) is 0 Å². The van der Waals surface area contributed by atoms with Gasteiger partial charge in [0.25, 0.3) is 0 Å². The predicted octanol–water partition coefficient (Wildman–Crippen LogP) is 1.79. The van der Waals surface area contributed by atoms with E-state index >= 15 is 0 Å². The highest BCUT2D eigenvalue weighted by atomic mass is 16.6. The first-order chi connectivity index (χ1) is 5.74. The van der Waals surface area contributed by atoms with Crippen molar-refractivity contribution in [2.75, 3.05) is 19.7 Å². The van der Waals surface area contributed by atoms with Crippen molar-refractivity contribution in [1.29, 1.82) is 0 Å². The molecule has 1 aliphatic rings. The molecule has 1 rings (SSSR count). The molecule has 68 valence electrons. The Hall–Kier alpha value is -0.990. The molecule has 3 nitrogen and oxygen atoms in total. The maximum absolute atomic E-state index is 11.1. The lowest BCUT2D eigenvalue weighted by Crippen LogP contribution is -2.44. The Morgan fingerprint density at radius 1 is 1.67 bits per heavy atom. The van der Waals surface area contributed by atoms with Crippen LogP contribution in [0.25, 0.3) is 0 Å². The molecule has 0 aromatic carbocycles. The molecule has 0 N–H and O–H groups in total. The quantitative estimate of drug-likeness (QED) is 0.476. The molecule has 0 aromatic heterocycles. The summed E-state index contributed by atoms with van der Waals surface area (Å²) < 4.78 is 4.98. The third-order valence-electron chi connectivity index (χ3n) is 1.81. The van der Waals surface area contributed by atoms with Crippen LogP contribution in [0.4, 0.5) is 4.79 Å². The van der Waals surface area contributed by atoms with E-state index in [1.54, 1.807) is 4.90 Å². The van der Waals surface area contributed by atoms with Crippen LogP contribution in [0.2, 0.25) is 0 Å². The third kappa shape index (κ3) is 2.26. The van der Waals surface area contributed by atoms with Crippen molar-refractivity contribution in [3.05, 3.63) is 12.2 Å². The van der Waals surface area contributed by atoms with Crippen molar-refractivity contribution < 1.29 is 9.53 Å². The van der Waals surface area contributed by atoms with Gasteiger partial charge in [-0.05, 0) is 12.0 Å². The molecule has 0 bridgehead atoms. The summed E-state index contributed by atoms with van der Waals surface area (Å²) in [6, 6.07) is 0. The van der Waals surface area contributed by atoms with Crippen LogP contribution in [0, 0.1) is 0 Å². The molecule has 12 heavy (non-hydrogen) atoms. The van der Waals surface area contributed by atoms with Crippen molar-refractivity contribution in [2.24, 2.45) is 0 Å². The molecule has 1 saturated heterocycles. The molecule has 0 atom stereocenters. The standard InChI is InChI=1S/C9H15NO2/c1-3-4-5-12-9(11)10-6-8(2)7-10/h2-7H2,1H3. The minimum Gasteiger partial charge on any atom is -0.449 e. The molecule has 0 aromatic rings. The molecular formula is C9H15NO2. The van der Waals surface area contributed by atoms with Gasteiger partial charge in [0.1, 0.15) is 0 Å². The van der Waals surface area contributed by atoms with E-state index in [2.05, 4.69) is 13.5 Å². The largest absolute Gasteiger partial charge is 0.449 e. The van der Waals surface area contributed by atoms with Crippen molar-refractivity contribution in [1.82, 2.24) is 4.90 Å². The molecule has 0 radical (unpaired) electrons. The average Bonchev–Trinajstić information content (AvgIpc) is 1.99. The minimum atomic E-state index is -0.198. The van der Waals surface area contributed by atoms with Crippen molar-refractivity contribution in [3.8, 4) is 0 Å². The summed E-state index contributed by atoms with van der Waals surface area (Å²) in [4.78, 5) is 12.8. The van der Waals surface area contributed by atoms with E-state index in [9.17, 15) is 4.79 Å². The van der Waals surface area contributed by atoms with Gasteiger partial charge in [-0.3, -0.25) is 0 Å². The van der Waals surface area contributed by atoms with Gasteiger partial charge in [0, 0.05) is 13.1 Å². The highest BCUT2D eigenvalue weighted by Crippen LogP contribution is 2.12. The number of likely N-dealkylation sites (tertiary alicyclic amines) is 1. The second-order valence-corrected chi connectivity index (χ2v) is 3.07. The smallest absolute Gasteiger partial charge is 0.410 e. The number of amides is 1. The molecule has 1 heterocycles. The monoisotopic (exact) mass is 169 g/mol. The van der Waals surface area contributed by atoms with Crippen LogP contribution in [-0.2, 0) is 4.74 Å². The van der Waals surface area contributed by atoms with Crippen LogP contribution >= 0.6 is 0 Å². The second-order valence-electron chi connectivity index (χ2n) is 3.07. The van der Waals surface area contributed by atoms with E-state index in [1.165, 1.54) is 0 Å². The summed E-state index contributed by atoms with van der Waals surface area (Å²) >= 11 is 0. The maximum Gasteiger partial charge on any atom is 0.410 e. The highest BCUT2D eigenvalue weighted by molar-refractivity contribution is 5.70. The topological polar surface area (TPSA) is 29.5 Å². The molecular weight excluding hydrogens is 154 g/mol. The van der Waals surface area contributed by atoms with Gasteiger partial charge < -0.3 is 9.64 Å². The summed E-state index contributed by atoms with van der Waals surface area (Å²) in [5.74, 6) is 0. The van der Waals surface area contributed by atoms with E-state index in [4.69, 9.17) is 4.74 Å². The maximum atomic E-state index is 11.1. The fourth-order valence-electron chi connectivity index (χ4n) is 1.02. The Balaban J connectivity index is 2.08. The lowest BCUT2D eigenvalue weighted by atomic mass is 10.1. The number of nitrogens with zero attached hydrogens (tertiary/aromatic N) is 1. The van der Waals surface area contributed by atoms with Crippen LogP contribution in [0.3, 0.4) is 0 Å². The summed E-state index contributed by atoms with van der Waals surface area (Å²) in [5, 5.41) is 0. The van der Waals surface area contributed by atoms with Gasteiger partial charge in [0.05, 0.1) is 6.61 Å². The van der Waals surface area contributed by atoms with Crippen LogP contribution in [0.5, 0.6) is 0 Å². The predicted molar refractivity (Wildman–Crippen MR) is 47.0 cm³/mol. The molecule has 1 fully saturated rings. The first-order valence-corrected chi connectivity index (χ1v) is 4.32. The zero-order valence-electron chi connectivity index (χ0n) is 7.51. The molecule has 1 aliphatic heterocycles. The van der Waals surface area contributed by atoms with Crippen molar-refractivity contribution in [2.45, 2.75) is 19.8 Å². The van der Waals surface area contributed by atoms with Gasteiger partial charge >= 0.3 is 6.09 Å². The summed E-state index contributed by atoms with van der Waals surface area (Å²) in [7, 11) is 0. The molecule has 0 spiro atoms. The Bertz CT molecular complexity index is 181. The molecule has 3 heteroatoms. The molecule has 1 amide bonds. The lowest BCUT2D eigenvalue weighted by Gasteiger charge is -2.32. The van der Waals surface area contributed by atoms with Crippen molar-refractivity contribution in [3.63, 3.8) is 0 Å². The Labute approximate surface area is 73.0 Å². The lowest BCUT2D eigenvalue weighted by molar-refractivity contribution is 0.0953. The number of carbonyl (C=O) groups excluding carboxylic acids is 1. The van der Waals surface area contributed by atoms with E-state index in [1.807, 2.05) is 0 Å². The minimum absolute atomic E-state index is 0.198. The Morgan fingerprint density at radius 3 is 2.83 bits per heavy atom. The highest BCUT2D eigenvalue weighted by Gasteiger charge is 2.24. The fraction of sp³-hybridized carbons (Fsp3) is 0.667. The van der Waals surface area contributed by atoms with Crippen LogP contribution in [-0.4, -0.2) is 30.7 Å². The van der Waals surface area contributed by atoms with E-state index in [0.29, 0.717) is 19.7 Å². The molecule has 0 unspecified atom stereocenters. The second kappa shape index (κ2) is 4.14. The average molecular weight is 169 g/mol. The summed E-state index contributed by atoms with van der Waals surface area (Å²) in [6.07, 6.45) is 1.80. The van der Waals surface area contributed by atoms with Crippen LogP contribution in [0.15, 0.2) is 12.2 Å². The normalized spacial score (nSPS) is 15.8. The third-order valence-corrected chi connectivity index (χ3v) is 1.81. The zero-order valence-corrected chi connectivity index (χ0v) is 7.51. The summed E-state index contributed by atoms with van der Waals surface area (Å²) in [6.45, 7) is 7.69. The van der Waals surface area contributed by atoms with Gasteiger partial charge in [-0.2, -0.15) is 0 Å². The fourth-order valence-corrected chi connectivity index (χ4v) is 1.02. The van der Waals surface area contributed by atoms with E-state index in [0.717, 1.165) is 18.4 Å². The van der Waals surface area contributed by atoms with E-state index in [-0.39, 0.29) is 6.09 Å². The summed E-state index contributed by atoms with van der Waals surface area (Å²) in [5.41, 5.74) is 1.10. The Kier molecular flexibility index (Phi) is 3.14. The first kappa shape index (κ1) is 9.10. The number of rotatable bonds is 3. The number of hydrogen-bond acceptors (Lipinski definition) is 2. The van der Waals surface area contributed by atoms with Gasteiger partial charge in [-0.1, -0.05) is 19.9 Å². The van der Waals surface area contributed by atoms with Crippen molar-refractivity contribution >= 4 is 6.09 Å². The van der Waals surface area contributed by atoms with E-state index < -0.39 is 0 Å². The number of hydrogen-bond donors (Lipinski definition) is 0. The number of ether oxygens (including phenoxy) is 1. The Morgan fingerprint density at radius 2 is 2.33 bits per heavy atom.